The highest BCUT2D eigenvalue weighted by Gasteiger charge is 2.71. The monoisotopic (exact) mass is 620 g/mol. The lowest BCUT2D eigenvalue weighted by Crippen LogP contribution is -2.51. The minimum atomic E-state index is -1.50. The SMILES string of the molecule is O=C(OC(c1ccccc1)c1ccccc1)[C@@H]1[C@H](C(=O)c2ccc(F)cc2)[C@@]2(C(=O)Nc3ccccc32)[C@H]2C=Cc3ccccc3N12. The summed E-state index contributed by atoms with van der Waals surface area (Å²) in [4.78, 5) is 46.3. The van der Waals surface area contributed by atoms with E-state index in [1.54, 1.807) is 6.07 Å². The van der Waals surface area contributed by atoms with Crippen LogP contribution in [0.4, 0.5) is 15.8 Å². The summed E-state index contributed by atoms with van der Waals surface area (Å²) < 4.78 is 20.6. The van der Waals surface area contributed by atoms with E-state index in [-0.39, 0.29) is 11.5 Å². The predicted molar refractivity (Wildman–Crippen MR) is 177 cm³/mol. The molecular formula is C40H29FN2O4. The van der Waals surface area contributed by atoms with E-state index < -0.39 is 47.1 Å². The van der Waals surface area contributed by atoms with Crippen molar-refractivity contribution < 1.29 is 23.5 Å². The van der Waals surface area contributed by atoms with Gasteiger partial charge in [0.2, 0.25) is 5.91 Å². The number of carbonyl (C=O) groups is 3. The Kier molecular flexibility index (Phi) is 6.83. The number of benzene rings is 5. The number of ether oxygens (including phenoxy) is 1. The second-order valence-corrected chi connectivity index (χ2v) is 12.1. The Labute approximate surface area is 271 Å². The fourth-order valence-electron chi connectivity index (χ4n) is 7.66. The van der Waals surface area contributed by atoms with Crippen LogP contribution in [0.1, 0.15) is 38.7 Å². The first-order valence-electron chi connectivity index (χ1n) is 15.5. The molecule has 1 saturated heterocycles. The zero-order valence-corrected chi connectivity index (χ0v) is 25.1. The minimum Gasteiger partial charge on any atom is -0.451 e. The molecule has 5 aromatic rings. The lowest BCUT2D eigenvalue weighted by Gasteiger charge is -2.37. The number of ketones is 1. The van der Waals surface area contributed by atoms with Crippen molar-refractivity contribution in [1.82, 2.24) is 0 Å². The normalized spacial score (nSPS) is 22.0. The average Bonchev–Trinajstić information content (AvgIpc) is 3.60. The van der Waals surface area contributed by atoms with Crippen LogP contribution in [0.5, 0.6) is 0 Å². The maximum atomic E-state index is 15.0. The molecule has 0 unspecified atom stereocenters. The van der Waals surface area contributed by atoms with Crippen LogP contribution in [0, 0.1) is 11.7 Å². The van der Waals surface area contributed by atoms with E-state index >= 15 is 0 Å². The number of hydrogen-bond acceptors (Lipinski definition) is 5. The first-order chi connectivity index (χ1) is 23.0. The van der Waals surface area contributed by atoms with Crippen molar-refractivity contribution in [3.05, 3.63) is 173 Å². The van der Waals surface area contributed by atoms with Gasteiger partial charge in [-0.1, -0.05) is 109 Å². The number of esters is 1. The summed E-state index contributed by atoms with van der Waals surface area (Å²) in [5, 5.41) is 3.02. The number of anilines is 2. The lowest BCUT2D eigenvalue weighted by molar-refractivity contribution is -0.150. The molecule has 4 atom stereocenters. The Hall–Kier alpha value is -5.82. The van der Waals surface area contributed by atoms with Gasteiger partial charge in [-0.05, 0) is 58.7 Å². The molecule has 3 aliphatic rings. The molecule has 0 bridgehead atoms. The quantitative estimate of drug-likeness (QED) is 0.162. The molecule has 0 aliphatic carbocycles. The maximum absolute atomic E-state index is 15.0. The van der Waals surface area contributed by atoms with Gasteiger partial charge < -0.3 is 15.0 Å². The maximum Gasteiger partial charge on any atom is 0.330 e. The van der Waals surface area contributed by atoms with Crippen LogP contribution in [0.3, 0.4) is 0 Å². The number of amides is 1. The van der Waals surface area contributed by atoms with Crippen LogP contribution in [-0.2, 0) is 19.7 Å². The molecule has 0 aromatic heterocycles. The van der Waals surface area contributed by atoms with Crippen molar-refractivity contribution in [2.75, 3.05) is 10.2 Å². The highest BCUT2D eigenvalue weighted by atomic mass is 19.1. The molecular weight excluding hydrogens is 591 g/mol. The minimum absolute atomic E-state index is 0.200. The molecule has 6 nitrogen and oxygen atoms in total. The molecule has 1 spiro atoms. The molecule has 1 fully saturated rings. The molecule has 7 heteroatoms. The topological polar surface area (TPSA) is 75.7 Å². The van der Waals surface area contributed by atoms with Crippen molar-refractivity contribution in [1.29, 1.82) is 0 Å². The van der Waals surface area contributed by atoms with E-state index in [2.05, 4.69) is 5.32 Å². The highest BCUT2D eigenvalue weighted by Crippen LogP contribution is 2.58. The number of Topliss-reactive ketones (excluding diaryl/α,β-unsaturated/α-hetero) is 1. The van der Waals surface area contributed by atoms with Gasteiger partial charge in [0.05, 0.1) is 12.0 Å². The number of fused-ring (bicyclic) bond motifs is 6. The standard InChI is InChI=1S/C40H29FN2O4/c41-29-22-19-26(20-23-29)36(44)34-35(38(45)47-37(27-12-3-1-4-13-27)28-14-5-2-6-15-28)43-32-18-10-7-11-25(32)21-24-33(43)40(34)30-16-8-9-17-31(30)42-39(40)46/h1-24,33-35,37H,(H,42,46)/t33-,34-,35+,40+/m1/s1. The Morgan fingerprint density at radius 1 is 0.766 bits per heavy atom. The molecule has 1 N–H and O–H groups in total. The summed E-state index contributed by atoms with van der Waals surface area (Å²) in [6.07, 6.45) is 3.08. The number of nitrogens with zero attached hydrogens (tertiary/aromatic N) is 1. The van der Waals surface area contributed by atoms with E-state index in [0.717, 1.165) is 16.7 Å². The van der Waals surface area contributed by atoms with Crippen LogP contribution in [-0.4, -0.2) is 29.7 Å². The third-order valence-corrected chi connectivity index (χ3v) is 9.63. The molecule has 8 rings (SSSR count). The van der Waals surface area contributed by atoms with Gasteiger partial charge in [-0.25, -0.2) is 9.18 Å². The van der Waals surface area contributed by atoms with Crippen LogP contribution >= 0.6 is 0 Å². The van der Waals surface area contributed by atoms with Gasteiger partial charge in [-0.2, -0.15) is 0 Å². The fraction of sp³-hybridized carbons (Fsp3) is 0.125. The summed E-state index contributed by atoms with van der Waals surface area (Å²) in [6, 6.07) is 37.1. The van der Waals surface area contributed by atoms with Gasteiger partial charge >= 0.3 is 5.97 Å². The first kappa shape index (κ1) is 28.6. The van der Waals surface area contributed by atoms with Gasteiger partial charge in [0.25, 0.3) is 0 Å². The molecule has 47 heavy (non-hydrogen) atoms. The molecule has 230 valence electrons. The summed E-state index contributed by atoms with van der Waals surface area (Å²) in [5.74, 6) is -3.19. The highest BCUT2D eigenvalue weighted by molar-refractivity contribution is 6.16. The third-order valence-electron chi connectivity index (χ3n) is 9.63. The van der Waals surface area contributed by atoms with Crippen LogP contribution in [0.2, 0.25) is 0 Å². The number of para-hydroxylation sites is 2. The summed E-state index contributed by atoms with van der Waals surface area (Å²) in [6.45, 7) is 0. The van der Waals surface area contributed by atoms with Crippen LogP contribution in [0.25, 0.3) is 6.08 Å². The zero-order valence-electron chi connectivity index (χ0n) is 25.1. The Balaban J connectivity index is 1.35. The van der Waals surface area contributed by atoms with Crippen molar-refractivity contribution >= 4 is 35.1 Å². The van der Waals surface area contributed by atoms with Crippen molar-refractivity contribution in [2.45, 2.75) is 23.6 Å². The van der Waals surface area contributed by atoms with Crippen LogP contribution in [0.15, 0.2) is 140 Å². The number of halogens is 1. The largest absolute Gasteiger partial charge is 0.451 e. The Morgan fingerprint density at radius 2 is 1.38 bits per heavy atom. The van der Waals surface area contributed by atoms with E-state index in [1.165, 1.54) is 24.3 Å². The number of rotatable bonds is 6. The molecule has 1 amide bonds. The van der Waals surface area contributed by atoms with Gasteiger partial charge in [-0.15, -0.1) is 0 Å². The molecule has 3 aliphatic heterocycles. The second kappa shape index (κ2) is 11.2. The zero-order chi connectivity index (χ0) is 32.1. The number of nitrogens with one attached hydrogen (secondary N) is 1. The van der Waals surface area contributed by atoms with Gasteiger partial charge in [-0.3, -0.25) is 9.59 Å². The molecule has 0 radical (unpaired) electrons. The van der Waals surface area contributed by atoms with Crippen LogP contribution < -0.4 is 10.2 Å². The summed E-state index contributed by atoms with van der Waals surface area (Å²) in [7, 11) is 0. The Bertz CT molecular complexity index is 2010. The summed E-state index contributed by atoms with van der Waals surface area (Å²) in [5.41, 5.74) is 3.01. The first-order valence-corrected chi connectivity index (χ1v) is 15.5. The fourth-order valence-corrected chi connectivity index (χ4v) is 7.66. The Morgan fingerprint density at radius 3 is 2.09 bits per heavy atom. The molecule has 0 saturated carbocycles. The molecule has 3 heterocycles. The van der Waals surface area contributed by atoms with Crippen molar-refractivity contribution in [3.8, 4) is 0 Å². The van der Waals surface area contributed by atoms with E-state index in [1.807, 2.05) is 120 Å². The lowest BCUT2D eigenvalue weighted by atomic mass is 9.64. The van der Waals surface area contributed by atoms with Gasteiger partial charge in [0, 0.05) is 16.9 Å². The van der Waals surface area contributed by atoms with Crippen molar-refractivity contribution in [2.24, 2.45) is 5.92 Å². The smallest absolute Gasteiger partial charge is 0.330 e. The van der Waals surface area contributed by atoms with E-state index in [9.17, 15) is 18.8 Å². The number of hydrogen-bond donors (Lipinski definition) is 1. The number of carbonyl (C=O) groups excluding carboxylic acids is 3. The average molecular weight is 621 g/mol. The van der Waals surface area contributed by atoms with Gasteiger partial charge in [0.15, 0.2) is 11.9 Å². The molecule has 5 aromatic carbocycles. The van der Waals surface area contributed by atoms with E-state index in [4.69, 9.17) is 4.74 Å². The van der Waals surface area contributed by atoms with Gasteiger partial charge in [0.1, 0.15) is 17.3 Å². The third kappa shape index (κ3) is 4.41. The van der Waals surface area contributed by atoms with Crippen molar-refractivity contribution in [3.63, 3.8) is 0 Å². The second-order valence-electron chi connectivity index (χ2n) is 12.1. The summed E-state index contributed by atoms with van der Waals surface area (Å²) >= 11 is 0. The van der Waals surface area contributed by atoms with E-state index in [0.29, 0.717) is 16.9 Å². The predicted octanol–water partition coefficient (Wildman–Crippen LogP) is 7.13.